The van der Waals surface area contributed by atoms with Gasteiger partial charge in [0.15, 0.2) is 0 Å². The van der Waals surface area contributed by atoms with E-state index < -0.39 is 0 Å². The molecule has 4 heteroatoms. The van der Waals surface area contributed by atoms with Gasteiger partial charge in [0, 0.05) is 18.2 Å². The molecule has 0 saturated heterocycles. The first kappa shape index (κ1) is 12.5. The van der Waals surface area contributed by atoms with Gasteiger partial charge in [0.2, 0.25) is 5.91 Å². The highest BCUT2D eigenvalue weighted by Gasteiger charge is 2.27. The molecule has 1 saturated carbocycles. The number of anilines is 1. The summed E-state index contributed by atoms with van der Waals surface area (Å²) < 4.78 is 6.10. The van der Waals surface area contributed by atoms with Crippen LogP contribution in [0.3, 0.4) is 0 Å². The van der Waals surface area contributed by atoms with Gasteiger partial charge in [-0.2, -0.15) is 0 Å². The first-order chi connectivity index (χ1) is 9.26. The van der Waals surface area contributed by atoms with Crippen LogP contribution >= 0.6 is 0 Å². The maximum atomic E-state index is 11.3. The molecule has 0 radical (unpaired) electrons. The number of benzene rings is 1. The highest BCUT2D eigenvalue weighted by atomic mass is 16.5. The molecule has 0 aromatic heterocycles. The monoisotopic (exact) mass is 260 g/mol. The zero-order valence-corrected chi connectivity index (χ0v) is 11.2. The summed E-state index contributed by atoms with van der Waals surface area (Å²) in [7, 11) is 1.99. The van der Waals surface area contributed by atoms with Gasteiger partial charge in [0.05, 0.1) is 0 Å². The Morgan fingerprint density at radius 3 is 3.05 bits per heavy atom. The Bertz CT molecular complexity index is 487. The molecule has 19 heavy (non-hydrogen) atoms. The second-order valence-electron chi connectivity index (χ2n) is 5.35. The normalized spacial score (nSPS) is 25.8. The summed E-state index contributed by atoms with van der Waals surface area (Å²) in [5.41, 5.74) is 2.11. The van der Waals surface area contributed by atoms with Crippen LogP contribution in [-0.4, -0.2) is 25.1 Å². The highest BCUT2D eigenvalue weighted by Crippen LogP contribution is 2.30. The van der Waals surface area contributed by atoms with E-state index in [2.05, 4.69) is 16.7 Å². The predicted octanol–water partition coefficient (Wildman–Crippen LogP) is 2.09. The van der Waals surface area contributed by atoms with Gasteiger partial charge in [0.1, 0.15) is 11.9 Å². The molecule has 1 amide bonds. The molecule has 0 bridgehead atoms. The molecular formula is C15H20N2O2. The van der Waals surface area contributed by atoms with E-state index in [4.69, 9.17) is 4.74 Å². The third-order valence-corrected chi connectivity index (χ3v) is 4.08. The van der Waals surface area contributed by atoms with E-state index >= 15 is 0 Å². The van der Waals surface area contributed by atoms with Crippen molar-refractivity contribution in [2.45, 2.75) is 44.2 Å². The van der Waals surface area contributed by atoms with Crippen molar-refractivity contribution < 1.29 is 9.53 Å². The maximum absolute atomic E-state index is 11.3. The van der Waals surface area contributed by atoms with Gasteiger partial charge in [-0.3, -0.25) is 4.79 Å². The molecular weight excluding hydrogens is 240 g/mol. The lowest BCUT2D eigenvalue weighted by atomic mass is 10.0. The number of fused-ring (bicyclic) bond motifs is 1. The second-order valence-corrected chi connectivity index (χ2v) is 5.35. The maximum Gasteiger partial charge on any atom is 0.224 e. The Morgan fingerprint density at radius 1 is 1.32 bits per heavy atom. The van der Waals surface area contributed by atoms with Crippen molar-refractivity contribution in [1.29, 1.82) is 0 Å². The molecule has 2 atom stereocenters. The third-order valence-electron chi connectivity index (χ3n) is 4.08. The van der Waals surface area contributed by atoms with Gasteiger partial charge in [-0.05, 0) is 56.5 Å². The number of carbonyl (C=O) groups excluding carboxylic acids is 1. The molecule has 3 rings (SSSR count). The number of ether oxygens (including phenoxy) is 1. The second kappa shape index (κ2) is 5.21. The molecule has 2 unspecified atom stereocenters. The minimum Gasteiger partial charge on any atom is -0.489 e. The Hall–Kier alpha value is -1.55. The van der Waals surface area contributed by atoms with Crippen LogP contribution < -0.4 is 15.4 Å². The summed E-state index contributed by atoms with van der Waals surface area (Å²) in [6, 6.07) is 6.43. The van der Waals surface area contributed by atoms with E-state index in [0.717, 1.165) is 24.3 Å². The number of likely N-dealkylation sites (N-methyl/N-ethyl adjacent to an activating group) is 1. The Kier molecular flexibility index (Phi) is 3.42. The molecule has 2 aliphatic rings. The van der Waals surface area contributed by atoms with Crippen LogP contribution in [0.4, 0.5) is 5.69 Å². The van der Waals surface area contributed by atoms with Crippen LogP contribution in [0.5, 0.6) is 5.75 Å². The fourth-order valence-electron chi connectivity index (χ4n) is 3.01. The largest absolute Gasteiger partial charge is 0.489 e. The number of carbonyl (C=O) groups is 1. The van der Waals surface area contributed by atoms with Gasteiger partial charge in [-0.15, -0.1) is 0 Å². The molecule has 1 heterocycles. The lowest BCUT2D eigenvalue weighted by Gasteiger charge is -2.22. The minimum atomic E-state index is 0.104. The van der Waals surface area contributed by atoms with E-state index in [0.29, 0.717) is 12.5 Å². The van der Waals surface area contributed by atoms with Crippen molar-refractivity contribution in [2.24, 2.45) is 0 Å². The number of rotatable bonds is 3. The molecule has 2 N–H and O–H groups in total. The molecule has 1 fully saturated rings. The number of amides is 1. The summed E-state index contributed by atoms with van der Waals surface area (Å²) in [5, 5.41) is 6.21. The van der Waals surface area contributed by atoms with Gasteiger partial charge in [-0.1, -0.05) is 0 Å². The van der Waals surface area contributed by atoms with E-state index in [9.17, 15) is 4.79 Å². The quantitative estimate of drug-likeness (QED) is 0.875. The van der Waals surface area contributed by atoms with Gasteiger partial charge >= 0.3 is 0 Å². The van der Waals surface area contributed by atoms with Gasteiger partial charge < -0.3 is 15.4 Å². The van der Waals surface area contributed by atoms with E-state index in [1.54, 1.807) is 0 Å². The zero-order valence-electron chi connectivity index (χ0n) is 11.2. The molecule has 1 aliphatic carbocycles. The molecule has 1 aliphatic heterocycles. The zero-order chi connectivity index (χ0) is 13.2. The standard InChI is InChI=1S/C15H20N2O2/c1-16-13-3-2-4-14(13)19-11-6-7-12-10(9-11)5-8-15(18)17-12/h6-7,9,13-14,16H,2-5,8H2,1H3,(H,17,18). The summed E-state index contributed by atoms with van der Waals surface area (Å²) in [4.78, 5) is 11.3. The van der Waals surface area contributed by atoms with Gasteiger partial charge in [0.25, 0.3) is 0 Å². The summed E-state index contributed by atoms with van der Waals surface area (Å²) >= 11 is 0. The molecule has 4 nitrogen and oxygen atoms in total. The highest BCUT2D eigenvalue weighted by molar-refractivity contribution is 5.93. The van der Waals surface area contributed by atoms with E-state index in [1.165, 1.54) is 18.4 Å². The van der Waals surface area contributed by atoms with Crippen LogP contribution in [0.1, 0.15) is 31.2 Å². The van der Waals surface area contributed by atoms with Crippen molar-refractivity contribution in [2.75, 3.05) is 12.4 Å². The Labute approximate surface area is 113 Å². The Morgan fingerprint density at radius 2 is 2.21 bits per heavy atom. The number of nitrogens with one attached hydrogen (secondary N) is 2. The number of hydrogen-bond donors (Lipinski definition) is 2. The van der Waals surface area contributed by atoms with E-state index in [-0.39, 0.29) is 12.0 Å². The molecule has 1 aromatic rings. The summed E-state index contributed by atoms with van der Waals surface area (Å²) in [6.45, 7) is 0. The molecule has 0 spiro atoms. The smallest absolute Gasteiger partial charge is 0.224 e. The lowest BCUT2D eigenvalue weighted by Crippen LogP contribution is -2.36. The number of aryl methyl sites for hydroxylation is 1. The Balaban J connectivity index is 1.74. The van der Waals surface area contributed by atoms with E-state index in [1.807, 2.05) is 19.2 Å². The number of hydrogen-bond acceptors (Lipinski definition) is 3. The van der Waals surface area contributed by atoms with Gasteiger partial charge in [-0.25, -0.2) is 0 Å². The fourth-order valence-corrected chi connectivity index (χ4v) is 3.01. The van der Waals surface area contributed by atoms with Crippen LogP contribution in [0, 0.1) is 0 Å². The van der Waals surface area contributed by atoms with Crippen LogP contribution in [-0.2, 0) is 11.2 Å². The first-order valence-electron chi connectivity index (χ1n) is 7.03. The first-order valence-corrected chi connectivity index (χ1v) is 7.03. The topological polar surface area (TPSA) is 50.4 Å². The average Bonchev–Trinajstić information content (AvgIpc) is 2.86. The summed E-state index contributed by atoms with van der Waals surface area (Å²) in [5.74, 6) is 1.02. The van der Waals surface area contributed by atoms with Crippen molar-refractivity contribution in [3.8, 4) is 5.75 Å². The van der Waals surface area contributed by atoms with Crippen LogP contribution in [0.25, 0.3) is 0 Å². The lowest BCUT2D eigenvalue weighted by molar-refractivity contribution is -0.116. The minimum absolute atomic E-state index is 0.104. The SMILES string of the molecule is CNC1CCCC1Oc1ccc2c(c1)CCC(=O)N2. The van der Waals surface area contributed by atoms with Crippen LogP contribution in [0.2, 0.25) is 0 Å². The summed E-state index contributed by atoms with van der Waals surface area (Å²) in [6.07, 6.45) is 5.15. The van der Waals surface area contributed by atoms with Crippen molar-refractivity contribution >= 4 is 11.6 Å². The predicted molar refractivity (Wildman–Crippen MR) is 74.5 cm³/mol. The third kappa shape index (κ3) is 2.59. The average molecular weight is 260 g/mol. The molecule has 102 valence electrons. The van der Waals surface area contributed by atoms with Crippen molar-refractivity contribution in [3.63, 3.8) is 0 Å². The van der Waals surface area contributed by atoms with Crippen LogP contribution in [0.15, 0.2) is 18.2 Å². The van der Waals surface area contributed by atoms with Crippen molar-refractivity contribution in [1.82, 2.24) is 5.32 Å². The molecule has 1 aromatic carbocycles. The fraction of sp³-hybridized carbons (Fsp3) is 0.533. The van der Waals surface area contributed by atoms with Crippen molar-refractivity contribution in [3.05, 3.63) is 23.8 Å².